The maximum atomic E-state index is 8.02. The van der Waals surface area contributed by atoms with E-state index in [4.69, 9.17) is 13.0 Å². The third-order valence-electron chi connectivity index (χ3n) is 0.288. The van der Waals surface area contributed by atoms with Crippen molar-refractivity contribution >= 4 is 7.85 Å². The van der Waals surface area contributed by atoms with E-state index in [2.05, 4.69) is 0 Å². The van der Waals surface area contributed by atoms with E-state index < -0.39 is 0 Å². The van der Waals surface area contributed by atoms with Crippen LogP contribution in [0.2, 0.25) is 5.82 Å². The van der Waals surface area contributed by atoms with Crippen molar-refractivity contribution in [3.05, 3.63) is 0 Å². The molecular weight excluding hydrogens is 62.8 g/mol. The number of aliphatic hydroxyl groups excluding tert-OH is 1. The van der Waals surface area contributed by atoms with Gasteiger partial charge in [-0.2, -0.15) is 0 Å². The summed E-state index contributed by atoms with van der Waals surface area (Å²) < 4.78 is 0. The first-order valence-corrected chi connectivity index (χ1v) is 1.64. The van der Waals surface area contributed by atoms with Gasteiger partial charge in [-0.05, 0) is 0 Å². The molecule has 1 nitrogen and oxygen atoms in total. The molecule has 0 aromatic heterocycles. The zero-order chi connectivity index (χ0) is 4.28. The van der Waals surface area contributed by atoms with Crippen molar-refractivity contribution in [1.82, 2.24) is 0 Å². The van der Waals surface area contributed by atoms with E-state index >= 15 is 0 Å². The first kappa shape index (κ1) is 5.02. The van der Waals surface area contributed by atoms with Gasteiger partial charge in [-0.3, -0.25) is 0 Å². The highest BCUT2D eigenvalue weighted by Gasteiger charge is 1.81. The molecule has 0 aromatic rings. The third kappa shape index (κ3) is 4.02. The molecule has 0 aromatic carbocycles. The van der Waals surface area contributed by atoms with E-state index in [-0.39, 0.29) is 12.4 Å². The van der Waals surface area contributed by atoms with Gasteiger partial charge in [-0.25, -0.2) is 0 Å². The van der Waals surface area contributed by atoms with Gasteiger partial charge in [-0.15, -0.1) is 0 Å². The third-order valence-corrected chi connectivity index (χ3v) is 0.288. The second-order valence-electron chi connectivity index (χ2n) is 1.16. The Labute approximate surface area is 33.4 Å². The van der Waals surface area contributed by atoms with Gasteiger partial charge < -0.3 is 5.11 Å². The molecule has 1 atom stereocenters. The average molecular weight is 69.9 g/mol. The monoisotopic (exact) mass is 70.1 g/mol. The smallest absolute Gasteiger partial charge is 0.0726 e. The minimum atomic E-state index is -0.0602. The normalized spacial score (nSPS) is 14.8. The minimum absolute atomic E-state index is 0.0602. The van der Waals surface area contributed by atoms with E-state index in [1.54, 1.807) is 6.92 Å². The predicted octanol–water partition coefficient (Wildman–Crippen LogP) is -0.0444. The van der Waals surface area contributed by atoms with Crippen LogP contribution in [0.3, 0.4) is 0 Å². The molecule has 2 heteroatoms. The van der Waals surface area contributed by atoms with Gasteiger partial charge in [0.05, 0.1) is 7.85 Å². The molecule has 0 bridgehead atoms. The van der Waals surface area contributed by atoms with Crippen LogP contribution in [-0.4, -0.2) is 19.6 Å². The second-order valence-corrected chi connectivity index (χ2v) is 1.16. The molecule has 0 saturated carbocycles. The van der Waals surface area contributed by atoms with E-state index in [0.717, 1.165) is 0 Å². The van der Waals surface area contributed by atoms with Gasteiger partial charge in [0.2, 0.25) is 0 Å². The molecule has 28 valence electrons. The van der Waals surface area contributed by atoms with Gasteiger partial charge >= 0.3 is 0 Å². The summed E-state index contributed by atoms with van der Waals surface area (Å²) >= 11 is 0. The highest BCUT2D eigenvalue weighted by atomic mass is 16.3. The standard InChI is InChI=1S/C3H7BO/c1-3(4)2-5/h3,5H,2H2,1H3/t3-/m0/s1. The fraction of sp³-hybridized carbons (Fsp3) is 1.00. The summed E-state index contributed by atoms with van der Waals surface area (Å²) in [4.78, 5) is 0. The lowest BCUT2D eigenvalue weighted by molar-refractivity contribution is 0.295. The van der Waals surface area contributed by atoms with Gasteiger partial charge in [0.25, 0.3) is 0 Å². The largest absolute Gasteiger partial charge is 0.397 e. The summed E-state index contributed by atoms with van der Waals surface area (Å²) in [6.07, 6.45) is 0. The minimum Gasteiger partial charge on any atom is -0.397 e. The Morgan fingerprint density at radius 2 is 2.20 bits per heavy atom. The van der Waals surface area contributed by atoms with Crippen LogP contribution < -0.4 is 0 Å². The summed E-state index contributed by atoms with van der Waals surface area (Å²) in [6, 6.07) is 0. The zero-order valence-electron chi connectivity index (χ0n) is 3.31. The number of hydrogen-bond donors (Lipinski definition) is 1. The topological polar surface area (TPSA) is 20.2 Å². The highest BCUT2D eigenvalue weighted by molar-refractivity contribution is 6.11. The van der Waals surface area contributed by atoms with Crippen LogP contribution in [0.1, 0.15) is 6.92 Å². The van der Waals surface area contributed by atoms with Crippen LogP contribution in [0, 0.1) is 0 Å². The molecule has 1 N–H and O–H groups in total. The van der Waals surface area contributed by atoms with Gasteiger partial charge in [0, 0.05) is 6.61 Å². The molecule has 0 spiro atoms. The SMILES string of the molecule is [B][C@@H](C)CO. The van der Waals surface area contributed by atoms with E-state index in [9.17, 15) is 0 Å². The Kier molecular flexibility index (Phi) is 2.28. The fourth-order valence-corrected chi connectivity index (χ4v) is 0. The maximum absolute atomic E-state index is 8.02. The van der Waals surface area contributed by atoms with Crippen molar-refractivity contribution in [3.63, 3.8) is 0 Å². The van der Waals surface area contributed by atoms with Gasteiger partial charge in [0.1, 0.15) is 0 Å². The van der Waals surface area contributed by atoms with Crippen molar-refractivity contribution < 1.29 is 5.11 Å². The van der Waals surface area contributed by atoms with Crippen molar-refractivity contribution in [2.24, 2.45) is 0 Å². The second kappa shape index (κ2) is 2.27. The molecule has 0 fully saturated rings. The Morgan fingerprint density at radius 3 is 2.20 bits per heavy atom. The van der Waals surface area contributed by atoms with Crippen molar-refractivity contribution in [1.29, 1.82) is 0 Å². The maximum Gasteiger partial charge on any atom is 0.0726 e. The van der Waals surface area contributed by atoms with Crippen LogP contribution in [0.5, 0.6) is 0 Å². The molecule has 5 heavy (non-hydrogen) atoms. The molecule has 0 aliphatic carbocycles. The Bertz CT molecular complexity index is 20.9. The molecule has 0 saturated heterocycles. The highest BCUT2D eigenvalue weighted by Crippen LogP contribution is 1.87. The fourth-order valence-electron chi connectivity index (χ4n) is 0. The summed E-state index contributed by atoms with van der Waals surface area (Å²) in [5.41, 5.74) is 0. The first-order chi connectivity index (χ1) is 2.27. The van der Waals surface area contributed by atoms with E-state index in [0.29, 0.717) is 0 Å². The quantitative estimate of drug-likeness (QED) is 0.429. The lowest BCUT2D eigenvalue weighted by Crippen LogP contribution is -1.89. The van der Waals surface area contributed by atoms with Crippen LogP contribution in [0.4, 0.5) is 0 Å². The lowest BCUT2D eigenvalue weighted by Gasteiger charge is -1.90. The zero-order valence-corrected chi connectivity index (χ0v) is 3.31. The average Bonchev–Trinajstić information content (AvgIpc) is 1.38. The van der Waals surface area contributed by atoms with E-state index in [1.807, 2.05) is 0 Å². The summed E-state index contributed by atoms with van der Waals surface area (Å²) in [5, 5.41) is 8.02. The number of aliphatic hydroxyl groups is 1. The van der Waals surface area contributed by atoms with Crippen molar-refractivity contribution in [2.75, 3.05) is 6.61 Å². The Hall–Kier alpha value is 0.0249. The molecule has 0 unspecified atom stereocenters. The molecule has 0 aliphatic rings. The summed E-state index contributed by atoms with van der Waals surface area (Å²) in [7, 11) is 5.04. The molecule has 0 heterocycles. The predicted molar refractivity (Wildman–Crippen MR) is 22.3 cm³/mol. The summed E-state index contributed by atoms with van der Waals surface area (Å²) in [6.45, 7) is 1.83. The van der Waals surface area contributed by atoms with E-state index in [1.165, 1.54) is 0 Å². The van der Waals surface area contributed by atoms with Crippen LogP contribution in [0.25, 0.3) is 0 Å². The molecule has 0 aliphatic heterocycles. The number of hydrogen-bond acceptors (Lipinski definition) is 1. The Balaban J connectivity index is 2.54. The molecule has 0 amide bonds. The molecule has 2 radical (unpaired) electrons. The van der Waals surface area contributed by atoms with Gasteiger partial charge in [0.15, 0.2) is 0 Å². The molecular formula is C3H7BO. The van der Waals surface area contributed by atoms with Crippen LogP contribution in [0.15, 0.2) is 0 Å². The van der Waals surface area contributed by atoms with Crippen molar-refractivity contribution in [3.8, 4) is 0 Å². The lowest BCUT2D eigenvalue weighted by atomic mass is 9.91. The number of rotatable bonds is 1. The van der Waals surface area contributed by atoms with Crippen LogP contribution >= 0.6 is 0 Å². The van der Waals surface area contributed by atoms with Crippen molar-refractivity contribution in [2.45, 2.75) is 12.7 Å². The molecule has 0 rings (SSSR count). The van der Waals surface area contributed by atoms with Gasteiger partial charge in [-0.1, -0.05) is 12.7 Å². The van der Waals surface area contributed by atoms with Crippen LogP contribution in [-0.2, 0) is 0 Å². The summed E-state index contributed by atoms with van der Waals surface area (Å²) in [5.74, 6) is -0.0602. The first-order valence-electron chi connectivity index (χ1n) is 1.64. The Morgan fingerprint density at radius 1 is 2.00 bits per heavy atom.